The number of carbonyl (C=O) groups is 1. The van der Waals surface area contributed by atoms with Crippen LogP contribution in [-0.4, -0.2) is 13.0 Å². The monoisotopic (exact) mass is 341 g/mol. The van der Waals surface area contributed by atoms with E-state index >= 15 is 0 Å². The predicted octanol–water partition coefficient (Wildman–Crippen LogP) is 4.32. The number of rotatable bonds is 3. The molecule has 0 aliphatic heterocycles. The lowest BCUT2D eigenvalue weighted by Crippen LogP contribution is -2.17. The fourth-order valence-electron chi connectivity index (χ4n) is 2.56. The van der Waals surface area contributed by atoms with Crippen molar-refractivity contribution in [2.75, 3.05) is 12.4 Å². The maximum absolute atomic E-state index is 12.4. The van der Waals surface area contributed by atoms with Crippen LogP contribution in [0.15, 0.2) is 57.0 Å². The molecular formula is C20H23NO4. The summed E-state index contributed by atoms with van der Waals surface area (Å²) in [6, 6.07) is 6.91. The molecule has 1 heterocycles. The van der Waals surface area contributed by atoms with Gasteiger partial charge in [0.15, 0.2) is 0 Å². The Hall–Kier alpha value is -2.82. The first-order chi connectivity index (χ1) is 12.1. The lowest BCUT2D eigenvalue weighted by atomic mass is 10.0. The van der Waals surface area contributed by atoms with E-state index in [-0.39, 0.29) is 11.5 Å². The van der Waals surface area contributed by atoms with Crippen LogP contribution in [0.25, 0.3) is 11.0 Å². The van der Waals surface area contributed by atoms with Crippen LogP contribution in [-0.2, 0) is 9.53 Å². The van der Waals surface area contributed by atoms with Crippen molar-refractivity contribution in [2.45, 2.75) is 33.6 Å². The molecule has 5 heteroatoms. The summed E-state index contributed by atoms with van der Waals surface area (Å²) in [4.78, 5) is 23.9. The molecule has 1 aliphatic carbocycles. The first-order valence-electron chi connectivity index (χ1n) is 8.38. The topological polar surface area (TPSA) is 68.5 Å². The van der Waals surface area contributed by atoms with E-state index in [0.29, 0.717) is 28.2 Å². The summed E-state index contributed by atoms with van der Waals surface area (Å²) >= 11 is 0. The second-order valence-electron chi connectivity index (χ2n) is 5.41. The van der Waals surface area contributed by atoms with Gasteiger partial charge in [-0.05, 0) is 37.6 Å². The van der Waals surface area contributed by atoms with Gasteiger partial charge in [0.05, 0.1) is 12.7 Å². The first-order valence-corrected chi connectivity index (χ1v) is 8.38. The Bertz CT molecular complexity index is 890. The summed E-state index contributed by atoms with van der Waals surface area (Å²) < 4.78 is 10.5. The zero-order valence-corrected chi connectivity index (χ0v) is 15.0. The Kier molecular flexibility index (Phi) is 6.17. The second kappa shape index (κ2) is 8.33. The zero-order valence-electron chi connectivity index (χ0n) is 15.0. The summed E-state index contributed by atoms with van der Waals surface area (Å²) in [5.74, 6) is 0.471. The van der Waals surface area contributed by atoms with E-state index in [1.807, 2.05) is 19.9 Å². The first kappa shape index (κ1) is 18.5. The van der Waals surface area contributed by atoms with E-state index in [1.165, 1.54) is 0 Å². The van der Waals surface area contributed by atoms with Gasteiger partial charge in [0.25, 0.3) is 5.91 Å². The minimum absolute atomic E-state index is 0.216. The van der Waals surface area contributed by atoms with Crippen LogP contribution in [0.4, 0.5) is 5.69 Å². The second-order valence-corrected chi connectivity index (χ2v) is 5.41. The van der Waals surface area contributed by atoms with Crippen molar-refractivity contribution in [2.24, 2.45) is 0 Å². The summed E-state index contributed by atoms with van der Waals surface area (Å²) in [7, 11) is 1.57. The van der Waals surface area contributed by atoms with Gasteiger partial charge in [-0.3, -0.25) is 4.79 Å². The number of hydrogen-bond acceptors (Lipinski definition) is 4. The average Bonchev–Trinajstić information content (AvgIpc) is 2.64. The van der Waals surface area contributed by atoms with E-state index in [2.05, 4.69) is 5.32 Å². The number of ether oxygens (including phenoxy) is 1. The molecule has 0 fully saturated rings. The summed E-state index contributed by atoms with van der Waals surface area (Å²) in [5, 5.41) is 3.62. The average molecular weight is 341 g/mol. The highest BCUT2D eigenvalue weighted by Gasteiger charge is 2.16. The standard InChI is InChI=1S/C18H17NO4.C2H6/c1-11-9-12-10-13(7-8-15(12)23-18(11)21)19-17(20)14-5-3-4-6-16(14)22-2;1-2/h3,5,7-10H,4,6H2,1-2H3,(H,19,20);1-2H3. The molecule has 0 atom stereocenters. The molecule has 132 valence electrons. The van der Waals surface area contributed by atoms with Gasteiger partial charge in [-0.2, -0.15) is 0 Å². The summed E-state index contributed by atoms with van der Waals surface area (Å²) in [5.41, 5.74) is 1.84. The fourth-order valence-corrected chi connectivity index (χ4v) is 2.56. The lowest BCUT2D eigenvalue weighted by Gasteiger charge is -2.14. The number of fused-ring (bicyclic) bond motifs is 1. The van der Waals surface area contributed by atoms with Gasteiger partial charge < -0.3 is 14.5 Å². The van der Waals surface area contributed by atoms with Crippen molar-refractivity contribution in [3.63, 3.8) is 0 Å². The van der Waals surface area contributed by atoms with Gasteiger partial charge in [0.2, 0.25) is 0 Å². The smallest absolute Gasteiger partial charge is 0.339 e. The van der Waals surface area contributed by atoms with E-state index in [4.69, 9.17) is 9.15 Å². The molecule has 1 N–H and O–H groups in total. The number of hydrogen-bond donors (Lipinski definition) is 1. The van der Waals surface area contributed by atoms with E-state index in [1.54, 1.807) is 44.4 Å². The number of aryl methyl sites for hydroxylation is 1. The van der Waals surface area contributed by atoms with E-state index in [0.717, 1.165) is 18.2 Å². The third kappa shape index (κ3) is 4.18. The van der Waals surface area contributed by atoms with Crippen LogP contribution in [0, 0.1) is 6.92 Å². The van der Waals surface area contributed by atoms with Crippen molar-refractivity contribution in [1.29, 1.82) is 0 Å². The molecule has 25 heavy (non-hydrogen) atoms. The van der Waals surface area contributed by atoms with Crippen molar-refractivity contribution < 1.29 is 13.9 Å². The molecule has 1 aromatic carbocycles. The molecule has 0 bridgehead atoms. The molecule has 1 aromatic heterocycles. The van der Waals surface area contributed by atoms with Gasteiger partial charge in [0, 0.05) is 23.1 Å². The molecule has 3 rings (SSSR count). The quantitative estimate of drug-likeness (QED) is 0.844. The SMILES string of the molecule is CC.COC1=C(C(=O)Nc2ccc3oc(=O)c(C)cc3c2)C=CCC1. The maximum Gasteiger partial charge on any atom is 0.339 e. The van der Waals surface area contributed by atoms with Crippen LogP contribution in [0.2, 0.25) is 0 Å². The van der Waals surface area contributed by atoms with Crippen LogP contribution < -0.4 is 10.9 Å². The van der Waals surface area contributed by atoms with Crippen molar-refractivity contribution in [3.8, 4) is 0 Å². The Morgan fingerprint density at radius 3 is 2.72 bits per heavy atom. The molecule has 0 saturated heterocycles. The molecule has 0 spiro atoms. The van der Waals surface area contributed by atoms with Crippen molar-refractivity contribution >= 4 is 22.6 Å². The van der Waals surface area contributed by atoms with Crippen LogP contribution in [0.5, 0.6) is 0 Å². The third-order valence-electron chi connectivity index (χ3n) is 3.78. The molecule has 5 nitrogen and oxygen atoms in total. The molecule has 0 radical (unpaired) electrons. The van der Waals surface area contributed by atoms with Gasteiger partial charge in [-0.15, -0.1) is 0 Å². The van der Waals surface area contributed by atoms with Crippen molar-refractivity contribution in [1.82, 2.24) is 0 Å². The highest BCUT2D eigenvalue weighted by Crippen LogP contribution is 2.23. The Morgan fingerprint density at radius 2 is 2.00 bits per heavy atom. The normalized spacial score (nSPS) is 13.3. The molecule has 0 unspecified atom stereocenters. The molecular weight excluding hydrogens is 318 g/mol. The van der Waals surface area contributed by atoms with Crippen LogP contribution in [0.3, 0.4) is 0 Å². The summed E-state index contributed by atoms with van der Waals surface area (Å²) in [6.07, 6.45) is 5.32. The van der Waals surface area contributed by atoms with Gasteiger partial charge in [0.1, 0.15) is 11.3 Å². The summed E-state index contributed by atoms with van der Waals surface area (Å²) in [6.45, 7) is 5.69. The molecule has 1 amide bonds. The van der Waals surface area contributed by atoms with Crippen molar-refractivity contribution in [3.05, 3.63) is 63.7 Å². The molecule has 1 aliphatic rings. The Labute approximate surface area is 147 Å². The molecule has 2 aromatic rings. The number of methoxy groups -OCH3 is 1. The number of amides is 1. The number of allylic oxidation sites excluding steroid dienone is 2. The van der Waals surface area contributed by atoms with E-state index in [9.17, 15) is 9.59 Å². The maximum atomic E-state index is 12.4. The van der Waals surface area contributed by atoms with E-state index < -0.39 is 0 Å². The number of anilines is 1. The van der Waals surface area contributed by atoms with Gasteiger partial charge in [-0.1, -0.05) is 26.0 Å². The van der Waals surface area contributed by atoms with Crippen LogP contribution >= 0.6 is 0 Å². The number of benzene rings is 1. The predicted molar refractivity (Wildman–Crippen MR) is 99.6 cm³/mol. The lowest BCUT2D eigenvalue weighted by molar-refractivity contribution is -0.112. The Morgan fingerprint density at radius 1 is 1.24 bits per heavy atom. The highest BCUT2D eigenvalue weighted by atomic mass is 16.5. The Balaban J connectivity index is 0.00000109. The largest absolute Gasteiger partial charge is 0.500 e. The van der Waals surface area contributed by atoms with Gasteiger partial charge in [-0.25, -0.2) is 4.79 Å². The van der Waals surface area contributed by atoms with Crippen LogP contribution in [0.1, 0.15) is 32.3 Å². The number of nitrogens with one attached hydrogen (secondary N) is 1. The zero-order chi connectivity index (χ0) is 18.4. The minimum atomic E-state index is -0.350. The number of carbonyl (C=O) groups excluding carboxylic acids is 1. The third-order valence-corrected chi connectivity index (χ3v) is 3.78. The highest BCUT2D eigenvalue weighted by molar-refractivity contribution is 6.06. The fraction of sp³-hybridized carbons (Fsp3) is 0.300. The van der Waals surface area contributed by atoms with Gasteiger partial charge >= 0.3 is 5.63 Å². The molecule has 0 saturated carbocycles. The minimum Gasteiger partial charge on any atom is -0.500 e.